The molecular weight excluding hydrogens is 296 g/mol. The molecule has 1 aliphatic heterocycles. The summed E-state index contributed by atoms with van der Waals surface area (Å²) in [6, 6.07) is 0.211. The van der Waals surface area contributed by atoms with E-state index in [-0.39, 0.29) is 18.0 Å². The Morgan fingerprint density at radius 3 is 2.09 bits per heavy atom. The largest absolute Gasteiger partial charge is 0.352 e. The topological polar surface area (TPSA) is 81.7 Å². The Kier molecular flexibility index (Phi) is 5.36. The summed E-state index contributed by atoms with van der Waals surface area (Å²) < 4.78 is 0. The lowest BCUT2D eigenvalue weighted by Gasteiger charge is -2.35. The van der Waals surface area contributed by atoms with Crippen LogP contribution in [0.25, 0.3) is 0 Å². The molecule has 0 atom stereocenters. The minimum absolute atomic E-state index is 0.0236. The lowest BCUT2D eigenvalue weighted by molar-refractivity contribution is 0.0649. The zero-order chi connectivity index (χ0) is 17.0. The van der Waals surface area contributed by atoms with E-state index in [0.29, 0.717) is 37.7 Å². The van der Waals surface area contributed by atoms with E-state index in [9.17, 15) is 9.59 Å². The molecule has 1 fully saturated rings. The van der Waals surface area contributed by atoms with Gasteiger partial charge >= 0.3 is 6.03 Å². The first-order valence-corrected chi connectivity index (χ1v) is 7.72. The summed E-state index contributed by atoms with van der Waals surface area (Å²) in [6.45, 7) is 6.11. The molecule has 0 saturated carbocycles. The van der Waals surface area contributed by atoms with Gasteiger partial charge in [0.2, 0.25) is 5.95 Å². The number of anilines is 1. The Morgan fingerprint density at radius 2 is 1.61 bits per heavy atom. The van der Waals surface area contributed by atoms with Crippen LogP contribution in [-0.4, -0.2) is 82.9 Å². The van der Waals surface area contributed by atoms with E-state index in [2.05, 4.69) is 15.3 Å². The maximum Gasteiger partial charge on any atom is 0.319 e. The molecule has 126 valence electrons. The third kappa shape index (κ3) is 4.30. The smallest absolute Gasteiger partial charge is 0.319 e. The van der Waals surface area contributed by atoms with Gasteiger partial charge in [0.05, 0.1) is 5.56 Å². The number of rotatable bonds is 3. The second-order valence-corrected chi connectivity index (χ2v) is 6.05. The Bertz CT molecular complexity index is 550. The number of carbonyl (C=O) groups excluding carboxylic acids is 2. The van der Waals surface area contributed by atoms with Gasteiger partial charge in [-0.25, -0.2) is 14.8 Å². The van der Waals surface area contributed by atoms with Crippen LogP contribution in [0.3, 0.4) is 0 Å². The molecule has 1 saturated heterocycles. The molecule has 8 nitrogen and oxygen atoms in total. The van der Waals surface area contributed by atoms with Crippen molar-refractivity contribution in [3.05, 3.63) is 18.0 Å². The Balaban J connectivity index is 1.93. The van der Waals surface area contributed by atoms with Gasteiger partial charge in [-0.1, -0.05) is 0 Å². The van der Waals surface area contributed by atoms with Gasteiger partial charge in [-0.3, -0.25) is 4.79 Å². The average Bonchev–Trinajstić information content (AvgIpc) is 2.53. The van der Waals surface area contributed by atoms with Gasteiger partial charge in [-0.2, -0.15) is 0 Å². The quantitative estimate of drug-likeness (QED) is 0.888. The minimum atomic E-state index is -0.0990. The van der Waals surface area contributed by atoms with Gasteiger partial charge in [0.25, 0.3) is 5.91 Å². The summed E-state index contributed by atoms with van der Waals surface area (Å²) in [5.74, 6) is 0.413. The van der Waals surface area contributed by atoms with Crippen molar-refractivity contribution in [2.24, 2.45) is 0 Å². The van der Waals surface area contributed by atoms with Crippen molar-refractivity contribution in [1.82, 2.24) is 24.7 Å². The van der Waals surface area contributed by atoms with Crippen LogP contribution in [0.15, 0.2) is 12.4 Å². The highest BCUT2D eigenvalue weighted by atomic mass is 16.2. The van der Waals surface area contributed by atoms with Crippen LogP contribution in [0, 0.1) is 0 Å². The molecule has 0 bridgehead atoms. The number of hydrogen-bond donors (Lipinski definition) is 1. The fourth-order valence-corrected chi connectivity index (χ4v) is 2.34. The molecule has 1 aromatic heterocycles. The van der Waals surface area contributed by atoms with E-state index in [1.54, 1.807) is 28.8 Å². The molecule has 0 aromatic carbocycles. The summed E-state index contributed by atoms with van der Waals surface area (Å²) in [5.41, 5.74) is 0.465. The molecule has 0 radical (unpaired) electrons. The number of carbonyl (C=O) groups is 2. The van der Waals surface area contributed by atoms with E-state index in [1.165, 1.54) is 12.4 Å². The number of amides is 3. The molecule has 0 spiro atoms. The van der Waals surface area contributed by atoms with E-state index < -0.39 is 0 Å². The van der Waals surface area contributed by atoms with E-state index in [1.807, 2.05) is 13.8 Å². The minimum Gasteiger partial charge on any atom is -0.352 e. The van der Waals surface area contributed by atoms with Crippen LogP contribution in [0.1, 0.15) is 24.2 Å². The molecule has 3 amide bonds. The highest BCUT2D eigenvalue weighted by Gasteiger charge is 2.25. The SMILES string of the molecule is CC(C)Nc1ncc(C(=O)N2CCN(C(=O)N(C)C)CC2)cn1. The fraction of sp³-hybridized carbons (Fsp3) is 0.600. The van der Waals surface area contributed by atoms with E-state index >= 15 is 0 Å². The molecule has 0 unspecified atom stereocenters. The molecule has 8 heteroatoms. The molecule has 0 aliphatic carbocycles. The van der Waals surface area contributed by atoms with Crippen molar-refractivity contribution in [2.45, 2.75) is 19.9 Å². The zero-order valence-corrected chi connectivity index (χ0v) is 14.1. The Hall–Kier alpha value is -2.38. The van der Waals surface area contributed by atoms with Crippen LogP contribution in [0.4, 0.5) is 10.7 Å². The monoisotopic (exact) mass is 320 g/mol. The number of hydrogen-bond acceptors (Lipinski definition) is 5. The van der Waals surface area contributed by atoms with Crippen molar-refractivity contribution < 1.29 is 9.59 Å². The van der Waals surface area contributed by atoms with Crippen molar-refractivity contribution >= 4 is 17.9 Å². The Morgan fingerprint density at radius 1 is 1.09 bits per heavy atom. The lowest BCUT2D eigenvalue weighted by Crippen LogP contribution is -2.52. The predicted molar refractivity (Wildman–Crippen MR) is 87.4 cm³/mol. The van der Waals surface area contributed by atoms with Crippen molar-refractivity contribution in [1.29, 1.82) is 0 Å². The number of aromatic nitrogens is 2. The molecule has 23 heavy (non-hydrogen) atoms. The summed E-state index contributed by atoms with van der Waals surface area (Å²) in [7, 11) is 3.45. The molecular formula is C15H24N6O2. The van der Waals surface area contributed by atoms with Crippen molar-refractivity contribution in [3.8, 4) is 0 Å². The highest BCUT2D eigenvalue weighted by molar-refractivity contribution is 5.93. The van der Waals surface area contributed by atoms with Gasteiger partial charge in [-0.15, -0.1) is 0 Å². The summed E-state index contributed by atoms with van der Waals surface area (Å²) in [5, 5.41) is 3.08. The maximum atomic E-state index is 12.5. The number of piperazine rings is 1. The summed E-state index contributed by atoms with van der Waals surface area (Å²) in [6.07, 6.45) is 3.08. The van der Waals surface area contributed by atoms with Crippen LogP contribution in [0.2, 0.25) is 0 Å². The van der Waals surface area contributed by atoms with E-state index in [0.717, 1.165) is 0 Å². The molecule has 1 aromatic rings. The van der Waals surface area contributed by atoms with Crippen LogP contribution < -0.4 is 5.32 Å². The third-order valence-electron chi connectivity index (χ3n) is 3.54. The first-order valence-electron chi connectivity index (χ1n) is 7.72. The van der Waals surface area contributed by atoms with Crippen LogP contribution in [0.5, 0.6) is 0 Å². The van der Waals surface area contributed by atoms with Gasteiger partial charge in [-0.05, 0) is 13.8 Å². The first-order chi connectivity index (χ1) is 10.9. The first kappa shape index (κ1) is 17.0. The second-order valence-electron chi connectivity index (χ2n) is 6.05. The number of urea groups is 1. The van der Waals surface area contributed by atoms with E-state index in [4.69, 9.17) is 0 Å². The number of nitrogens with zero attached hydrogens (tertiary/aromatic N) is 5. The van der Waals surface area contributed by atoms with Gasteiger partial charge in [0.15, 0.2) is 0 Å². The van der Waals surface area contributed by atoms with Crippen LogP contribution >= 0.6 is 0 Å². The second kappa shape index (κ2) is 7.26. The third-order valence-corrected chi connectivity index (χ3v) is 3.54. The summed E-state index contributed by atoms with van der Waals surface area (Å²) >= 11 is 0. The summed E-state index contributed by atoms with van der Waals surface area (Å²) in [4.78, 5) is 37.7. The van der Waals surface area contributed by atoms with Gasteiger partial charge < -0.3 is 20.0 Å². The molecule has 1 N–H and O–H groups in total. The normalized spacial score (nSPS) is 14.8. The fourth-order valence-electron chi connectivity index (χ4n) is 2.34. The van der Waals surface area contributed by atoms with Crippen molar-refractivity contribution in [3.63, 3.8) is 0 Å². The zero-order valence-electron chi connectivity index (χ0n) is 14.1. The Labute approximate surface area is 136 Å². The standard InChI is InChI=1S/C15H24N6O2/c1-11(2)18-14-16-9-12(10-17-14)13(22)20-5-7-21(8-6-20)15(23)19(3)4/h9-11H,5-8H2,1-4H3,(H,16,17,18). The number of nitrogens with one attached hydrogen (secondary N) is 1. The maximum absolute atomic E-state index is 12.5. The highest BCUT2D eigenvalue weighted by Crippen LogP contribution is 2.10. The lowest BCUT2D eigenvalue weighted by atomic mass is 10.2. The molecule has 2 rings (SSSR count). The van der Waals surface area contributed by atoms with Crippen molar-refractivity contribution in [2.75, 3.05) is 45.6 Å². The predicted octanol–water partition coefficient (Wildman–Crippen LogP) is 0.736. The molecule has 1 aliphatic rings. The molecule has 2 heterocycles. The van der Waals surface area contributed by atoms with Gasteiger partial charge in [0, 0.05) is 58.7 Å². The average molecular weight is 320 g/mol. The van der Waals surface area contributed by atoms with Gasteiger partial charge in [0.1, 0.15) is 0 Å². The van der Waals surface area contributed by atoms with Crippen LogP contribution in [-0.2, 0) is 0 Å².